The number of hydrogen-bond donors (Lipinski definition) is 2. The molecule has 4 heteroatoms. The van der Waals surface area contributed by atoms with E-state index in [-0.39, 0.29) is 0 Å². The molecule has 0 aromatic rings. The second-order valence-electron chi connectivity index (χ2n) is 1.62. The highest BCUT2D eigenvalue weighted by Crippen LogP contribution is 1.86. The predicted octanol–water partition coefficient (Wildman–Crippen LogP) is 0.526. The smallest absolute Gasteiger partial charge is 0.00140 e. The first-order valence-electron chi connectivity index (χ1n) is 2.78. The third-order valence-electron chi connectivity index (χ3n) is 0.892. The Labute approximate surface area is 55.7 Å². The summed E-state index contributed by atoms with van der Waals surface area (Å²) in [7, 11) is 4.98. The summed E-state index contributed by atoms with van der Waals surface area (Å²) in [4.78, 5) is 0. The molecule has 0 radical (unpaired) electrons. The lowest BCUT2D eigenvalue weighted by atomic mass is 10.3. The molecule has 2 atom stereocenters. The zero-order valence-electron chi connectivity index (χ0n) is 4.98. The average Bonchev–Trinajstić information content (AvgIpc) is 1.81. The molecule has 0 aromatic carbocycles. The Bertz CT molecular complexity index is 37.0. The van der Waals surface area contributed by atoms with Gasteiger partial charge in [0.15, 0.2) is 0 Å². The van der Waals surface area contributed by atoms with Crippen LogP contribution in [-0.4, -0.2) is 13.1 Å². The lowest BCUT2D eigenvalue weighted by Crippen LogP contribution is -2.05. The second-order valence-corrected chi connectivity index (χ2v) is 2.43. The van der Waals surface area contributed by atoms with Gasteiger partial charge in [-0.1, -0.05) is 18.8 Å². The minimum Gasteiger partial charge on any atom is -0.301 e. The van der Waals surface area contributed by atoms with Gasteiger partial charge >= 0.3 is 0 Å². The molecule has 0 aromatic heterocycles. The van der Waals surface area contributed by atoms with Gasteiger partial charge in [0.05, 0.1) is 0 Å². The number of unbranched alkanes of at least 4 members (excludes halogenated alkanes) is 1. The first-order valence-corrected chi connectivity index (χ1v) is 3.94. The fraction of sp³-hybridized carbons (Fsp3) is 1.00. The van der Waals surface area contributed by atoms with Crippen molar-refractivity contribution in [2.45, 2.75) is 12.8 Å². The van der Waals surface area contributed by atoms with Crippen LogP contribution in [0.3, 0.4) is 0 Å². The maximum Gasteiger partial charge on any atom is -0.00140 e. The summed E-state index contributed by atoms with van der Waals surface area (Å²) in [6, 6.07) is 0. The zero-order chi connectivity index (χ0) is 6.24. The topological polar surface area (TPSA) is 24.1 Å². The summed E-state index contributed by atoms with van der Waals surface area (Å²) in [5, 5.41) is 6.02. The van der Waals surface area contributed by atoms with E-state index in [9.17, 15) is 0 Å². The monoisotopic (exact) mass is 152 g/mol. The Kier molecular flexibility index (Phi) is 8.54. The molecule has 0 fully saturated rings. The first-order chi connectivity index (χ1) is 3.91. The van der Waals surface area contributed by atoms with Crippen LogP contribution in [0.2, 0.25) is 0 Å². The molecular weight excluding hydrogens is 138 g/mol. The van der Waals surface area contributed by atoms with Crippen molar-refractivity contribution >= 4 is 18.8 Å². The summed E-state index contributed by atoms with van der Waals surface area (Å²) >= 11 is 0. The van der Waals surface area contributed by atoms with E-state index in [0.717, 1.165) is 13.1 Å². The quantitative estimate of drug-likeness (QED) is 0.443. The Morgan fingerprint density at radius 3 is 1.50 bits per heavy atom. The van der Waals surface area contributed by atoms with Gasteiger partial charge in [-0.25, -0.2) is 0 Å². The standard InChI is InChI=1S/C4H14N2P2/c7-5-3-1-2-4-6-8/h5-6H,1-4,7-8H2. The first kappa shape index (κ1) is 8.78. The minimum atomic E-state index is 1.09. The maximum absolute atomic E-state index is 3.01. The van der Waals surface area contributed by atoms with Gasteiger partial charge in [-0.05, 0) is 25.9 Å². The Balaban J connectivity index is 2.53. The van der Waals surface area contributed by atoms with E-state index in [0.29, 0.717) is 0 Å². The van der Waals surface area contributed by atoms with Crippen LogP contribution in [0.1, 0.15) is 12.8 Å². The lowest BCUT2D eigenvalue weighted by molar-refractivity contribution is 0.715. The molecule has 0 aliphatic rings. The molecule has 0 aliphatic carbocycles. The molecule has 50 valence electrons. The van der Waals surface area contributed by atoms with E-state index in [2.05, 4.69) is 29.0 Å². The minimum absolute atomic E-state index is 1.09. The summed E-state index contributed by atoms with van der Waals surface area (Å²) in [5.74, 6) is 0. The van der Waals surface area contributed by atoms with E-state index >= 15 is 0 Å². The molecule has 0 saturated heterocycles. The van der Waals surface area contributed by atoms with Crippen molar-refractivity contribution in [2.75, 3.05) is 13.1 Å². The largest absolute Gasteiger partial charge is 0.301 e. The third kappa shape index (κ3) is 6.78. The Morgan fingerprint density at radius 1 is 0.875 bits per heavy atom. The van der Waals surface area contributed by atoms with Gasteiger partial charge in [-0.2, -0.15) is 0 Å². The van der Waals surface area contributed by atoms with Gasteiger partial charge < -0.3 is 10.2 Å². The van der Waals surface area contributed by atoms with Crippen LogP contribution in [0.25, 0.3) is 0 Å². The van der Waals surface area contributed by atoms with Crippen LogP contribution in [0.15, 0.2) is 0 Å². The van der Waals surface area contributed by atoms with Crippen molar-refractivity contribution in [3.8, 4) is 0 Å². The Hall–Kier alpha value is 0.780. The molecule has 2 unspecified atom stereocenters. The van der Waals surface area contributed by atoms with Gasteiger partial charge in [-0.15, -0.1) is 0 Å². The molecule has 0 spiro atoms. The van der Waals surface area contributed by atoms with Crippen LogP contribution in [0, 0.1) is 0 Å². The van der Waals surface area contributed by atoms with Gasteiger partial charge in [0.1, 0.15) is 0 Å². The average molecular weight is 152 g/mol. The van der Waals surface area contributed by atoms with E-state index in [4.69, 9.17) is 0 Å². The summed E-state index contributed by atoms with van der Waals surface area (Å²) in [5.41, 5.74) is 0. The molecular formula is C4H14N2P2. The van der Waals surface area contributed by atoms with Crippen molar-refractivity contribution in [2.24, 2.45) is 0 Å². The number of rotatable bonds is 5. The van der Waals surface area contributed by atoms with Crippen molar-refractivity contribution in [3.05, 3.63) is 0 Å². The van der Waals surface area contributed by atoms with E-state index in [1.54, 1.807) is 0 Å². The van der Waals surface area contributed by atoms with Gasteiger partial charge in [0.25, 0.3) is 0 Å². The highest BCUT2D eigenvalue weighted by atomic mass is 31.0. The van der Waals surface area contributed by atoms with Crippen molar-refractivity contribution in [1.29, 1.82) is 0 Å². The van der Waals surface area contributed by atoms with E-state index < -0.39 is 0 Å². The van der Waals surface area contributed by atoms with Crippen molar-refractivity contribution < 1.29 is 0 Å². The van der Waals surface area contributed by atoms with Crippen LogP contribution >= 0.6 is 18.8 Å². The molecule has 0 bridgehead atoms. The molecule has 2 N–H and O–H groups in total. The molecule has 0 heterocycles. The van der Waals surface area contributed by atoms with E-state index in [1.165, 1.54) is 12.8 Å². The highest BCUT2D eigenvalue weighted by Gasteiger charge is 1.81. The van der Waals surface area contributed by atoms with Crippen LogP contribution in [-0.2, 0) is 0 Å². The highest BCUT2D eigenvalue weighted by molar-refractivity contribution is 7.13. The summed E-state index contributed by atoms with van der Waals surface area (Å²) < 4.78 is 0. The molecule has 0 saturated carbocycles. The van der Waals surface area contributed by atoms with Gasteiger partial charge in [-0.3, -0.25) is 0 Å². The van der Waals surface area contributed by atoms with E-state index in [1.807, 2.05) is 0 Å². The zero-order valence-corrected chi connectivity index (χ0v) is 7.29. The van der Waals surface area contributed by atoms with Gasteiger partial charge in [0, 0.05) is 0 Å². The van der Waals surface area contributed by atoms with Crippen molar-refractivity contribution in [3.63, 3.8) is 0 Å². The second kappa shape index (κ2) is 7.78. The van der Waals surface area contributed by atoms with Crippen LogP contribution in [0.5, 0.6) is 0 Å². The normalized spacial score (nSPS) is 9.75. The Morgan fingerprint density at radius 2 is 1.25 bits per heavy atom. The SMILES string of the molecule is PNCCCCNP. The maximum atomic E-state index is 3.01. The molecule has 0 aliphatic heterocycles. The summed E-state index contributed by atoms with van der Waals surface area (Å²) in [6.45, 7) is 2.19. The molecule has 2 nitrogen and oxygen atoms in total. The molecule has 0 rings (SSSR count). The number of hydrogen-bond acceptors (Lipinski definition) is 2. The molecule has 0 amide bonds. The van der Waals surface area contributed by atoms with Gasteiger partial charge in [0.2, 0.25) is 0 Å². The van der Waals surface area contributed by atoms with Crippen LogP contribution in [0.4, 0.5) is 0 Å². The van der Waals surface area contributed by atoms with Crippen molar-refractivity contribution in [1.82, 2.24) is 10.2 Å². The fourth-order valence-corrected chi connectivity index (χ4v) is 0.862. The fourth-order valence-electron chi connectivity index (χ4n) is 0.454. The third-order valence-corrected chi connectivity index (χ3v) is 1.47. The lowest BCUT2D eigenvalue weighted by Gasteiger charge is -1.96. The number of nitrogens with one attached hydrogen (secondary N) is 2. The van der Waals surface area contributed by atoms with Crippen LogP contribution < -0.4 is 10.2 Å². The molecule has 8 heavy (non-hydrogen) atoms. The summed E-state index contributed by atoms with van der Waals surface area (Å²) in [6.07, 6.45) is 2.48. The predicted molar refractivity (Wildman–Crippen MR) is 44.7 cm³/mol.